The quantitative estimate of drug-likeness (QED) is 0.862. The first-order valence-electron chi connectivity index (χ1n) is 6.32. The highest BCUT2D eigenvalue weighted by Gasteiger charge is 2.13. The van der Waals surface area contributed by atoms with Crippen LogP contribution in [0, 0.1) is 0 Å². The maximum absolute atomic E-state index is 5.23. The van der Waals surface area contributed by atoms with Crippen LogP contribution < -0.4 is 10.1 Å². The maximum Gasteiger partial charge on any atom is 0.248 e. The van der Waals surface area contributed by atoms with Gasteiger partial charge in [0.05, 0.1) is 19.0 Å². The molecule has 0 fully saturated rings. The van der Waals surface area contributed by atoms with Gasteiger partial charge in [-0.2, -0.15) is 4.98 Å². The van der Waals surface area contributed by atoms with Gasteiger partial charge in [-0.25, -0.2) is 4.98 Å². The molecule has 0 spiro atoms. The topological polar surface area (TPSA) is 73.1 Å². The molecule has 2 aromatic rings. The van der Waals surface area contributed by atoms with Crippen LogP contribution in [0.5, 0.6) is 5.88 Å². The molecule has 0 bridgehead atoms. The van der Waals surface area contributed by atoms with Crippen molar-refractivity contribution in [3.05, 3.63) is 30.0 Å². The summed E-state index contributed by atoms with van der Waals surface area (Å²) in [7, 11) is 1.59. The highest BCUT2D eigenvalue weighted by atomic mass is 16.5. The van der Waals surface area contributed by atoms with E-state index in [4.69, 9.17) is 9.26 Å². The lowest BCUT2D eigenvalue weighted by atomic mass is 10.3. The number of anilines is 1. The lowest BCUT2D eigenvalue weighted by Crippen LogP contribution is -2.07. The molecule has 102 valence electrons. The summed E-state index contributed by atoms with van der Waals surface area (Å²) in [4.78, 5) is 8.47. The fraction of sp³-hybridized carbons (Fsp3) is 0.462. The fourth-order valence-electron chi connectivity index (χ4n) is 1.67. The van der Waals surface area contributed by atoms with Crippen LogP contribution >= 0.6 is 0 Å². The van der Waals surface area contributed by atoms with E-state index in [0.29, 0.717) is 11.8 Å². The summed E-state index contributed by atoms with van der Waals surface area (Å²) in [5.74, 6) is 1.92. The predicted octanol–water partition coefficient (Wildman–Crippen LogP) is 2.60. The number of nitrogens with zero attached hydrogens (tertiary/aromatic N) is 3. The number of ether oxygens (including phenoxy) is 1. The monoisotopic (exact) mass is 262 g/mol. The standard InChI is InChI=1S/C13H18N4O2/c1-4-5-11-16-13(19-17-11)9(2)15-10-6-7-12(18-3)14-8-10/h6-9,15H,4-5H2,1-3H3/t9-/m0/s1. The Morgan fingerprint density at radius 2 is 2.26 bits per heavy atom. The third kappa shape index (κ3) is 3.43. The Balaban J connectivity index is 2.00. The van der Waals surface area contributed by atoms with E-state index in [-0.39, 0.29) is 6.04 Å². The van der Waals surface area contributed by atoms with Gasteiger partial charge in [-0.15, -0.1) is 0 Å². The SMILES string of the molecule is CCCc1noc([C@H](C)Nc2ccc(OC)nc2)n1. The van der Waals surface area contributed by atoms with E-state index in [1.165, 1.54) is 0 Å². The van der Waals surface area contributed by atoms with Crippen LogP contribution in [0.4, 0.5) is 5.69 Å². The second kappa shape index (κ2) is 6.17. The Kier molecular flexibility index (Phi) is 4.33. The Bertz CT molecular complexity index is 510. The van der Waals surface area contributed by atoms with Crippen molar-refractivity contribution in [2.45, 2.75) is 32.7 Å². The zero-order chi connectivity index (χ0) is 13.7. The van der Waals surface area contributed by atoms with Crippen LogP contribution in [0.15, 0.2) is 22.9 Å². The highest BCUT2D eigenvalue weighted by Crippen LogP contribution is 2.18. The molecule has 0 aromatic carbocycles. The van der Waals surface area contributed by atoms with Gasteiger partial charge in [0.15, 0.2) is 5.82 Å². The van der Waals surface area contributed by atoms with E-state index in [1.54, 1.807) is 19.4 Å². The van der Waals surface area contributed by atoms with Crippen molar-refractivity contribution >= 4 is 5.69 Å². The summed E-state index contributed by atoms with van der Waals surface area (Å²) in [5, 5.41) is 7.18. The number of nitrogens with one attached hydrogen (secondary N) is 1. The van der Waals surface area contributed by atoms with E-state index in [9.17, 15) is 0 Å². The Morgan fingerprint density at radius 1 is 1.42 bits per heavy atom. The molecule has 2 rings (SSSR count). The minimum Gasteiger partial charge on any atom is -0.481 e. The van der Waals surface area contributed by atoms with Gasteiger partial charge < -0.3 is 14.6 Å². The molecule has 0 radical (unpaired) electrons. The predicted molar refractivity (Wildman–Crippen MR) is 71.1 cm³/mol. The maximum atomic E-state index is 5.23. The first-order chi connectivity index (χ1) is 9.22. The van der Waals surface area contributed by atoms with E-state index in [1.807, 2.05) is 13.0 Å². The van der Waals surface area contributed by atoms with Crippen LogP contribution in [-0.4, -0.2) is 22.2 Å². The summed E-state index contributed by atoms with van der Waals surface area (Å²) in [6.07, 6.45) is 3.54. The molecule has 0 aliphatic heterocycles. The summed E-state index contributed by atoms with van der Waals surface area (Å²) in [5.41, 5.74) is 0.878. The Labute approximate surface area is 112 Å². The summed E-state index contributed by atoms with van der Waals surface area (Å²) in [6, 6.07) is 3.63. The number of aromatic nitrogens is 3. The second-order valence-electron chi connectivity index (χ2n) is 4.25. The zero-order valence-electron chi connectivity index (χ0n) is 11.4. The second-order valence-corrected chi connectivity index (χ2v) is 4.25. The zero-order valence-corrected chi connectivity index (χ0v) is 11.4. The van der Waals surface area contributed by atoms with Crippen LogP contribution in [0.25, 0.3) is 0 Å². The van der Waals surface area contributed by atoms with Crippen LogP contribution in [0.1, 0.15) is 38.0 Å². The lowest BCUT2D eigenvalue weighted by Gasteiger charge is -2.10. The van der Waals surface area contributed by atoms with Crippen molar-refractivity contribution in [1.29, 1.82) is 0 Å². The van der Waals surface area contributed by atoms with Crippen LogP contribution in [0.2, 0.25) is 0 Å². The molecular weight excluding hydrogens is 244 g/mol. The van der Waals surface area contributed by atoms with Crippen molar-refractivity contribution in [2.24, 2.45) is 0 Å². The summed E-state index contributed by atoms with van der Waals surface area (Å²) < 4.78 is 10.2. The van der Waals surface area contributed by atoms with Crippen molar-refractivity contribution in [3.8, 4) is 5.88 Å². The molecule has 6 nitrogen and oxygen atoms in total. The van der Waals surface area contributed by atoms with Gasteiger partial charge in [-0.1, -0.05) is 12.1 Å². The Hall–Kier alpha value is -2.11. The number of hydrogen-bond acceptors (Lipinski definition) is 6. The molecule has 0 aliphatic carbocycles. The van der Waals surface area contributed by atoms with E-state index in [2.05, 4.69) is 27.4 Å². The van der Waals surface area contributed by atoms with Gasteiger partial charge in [0, 0.05) is 12.5 Å². The number of hydrogen-bond donors (Lipinski definition) is 1. The van der Waals surface area contributed by atoms with E-state index >= 15 is 0 Å². The first-order valence-corrected chi connectivity index (χ1v) is 6.32. The molecule has 0 aliphatic rings. The van der Waals surface area contributed by atoms with Crippen molar-refractivity contribution in [3.63, 3.8) is 0 Å². The van der Waals surface area contributed by atoms with Gasteiger partial charge in [-0.3, -0.25) is 0 Å². The molecule has 1 atom stereocenters. The fourth-order valence-corrected chi connectivity index (χ4v) is 1.67. The average Bonchev–Trinajstić information content (AvgIpc) is 2.89. The normalized spacial score (nSPS) is 12.2. The van der Waals surface area contributed by atoms with Crippen molar-refractivity contribution in [2.75, 3.05) is 12.4 Å². The molecule has 0 amide bonds. The smallest absolute Gasteiger partial charge is 0.248 e. The molecule has 19 heavy (non-hydrogen) atoms. The molecule has 1 N–H and O–H groups in total. The van der Waals surface area contributed by atoms with Gasteiger partial charge >= 0.3 is 0 Å². The van der Waals surface area contributed by atoms with E-state index < -0.39 is 0 Å². The third-order valence-electron chi connectivity index (χ3n) is 2.66. The third-order valence-corrected chi connectivity index (χ3v) is 2.66. The van der Waals surface area contributed by atoms with Crippen molar-refractivity contribution in [1.82, 2.24) is 15.1 Å². The molecule has 6 heteroatoms. The molecule has 0 unspecified atom stereocenters. The summed E-state index contributed by atoms with van der Waals surface area (Å²) >= 11 is 0. The number of rotatable bonds is 6. The number of aryl methyl sites for hydroxylation is 1. The molecule has 2 aromatic heterocycles. The number of pyridine rings is 1. The minimum atomic E-state index is -0.0618. The highest BCUT2D eigenvalue weighted by molar-refractivity contribution is 5.43. The van der Waals surface area contributed by atoms with Crippen LogP contribution in [-0.2, 0) is 6.42 Å². The minimum absolute atomic E-state index is 0.0618. The van der Waals surface area contributed by atoms with Crippen LogP contribution in [0.3, 0.4) is 0 Å². The van der Waals surface area contributed by atoms with Gasteiger partial charge in [0.25, 0.3) is 0 Å². The summed E-state index contributed by atoms with van der Waals surface area (Å²) in [6.45, 7) is 4.05. The van der Waals surface area contributed by atoms with Crippen molar-refractivity contribution < 1.29 is 9.26 Å². The largest absolute Gasteiger partial charge is 0.481 e. The lowest BCUT2D eigenvalue weighted by molar-refractivity contribution is 0.362. The van der Waals surface area contributed by atoms with Gasteiger partial charge in [0.1, 0.15) is 6.04 Å². The molecule has 0 saturated heterocycles. The number of methoxy groups -OCH3 is 1. The molecule has 2 heterocycles. The Morgan fingerprint density at radius 3 is 2.89 bits per heavy atom. The first kappa shape index (κ1) is 13.3. The van der Waals surface area contributed by atoms with Gasteiger partial charge in [0.2, 0.25) is 11.8 Å². The molecule has 0 saturated carbocycles. The van der Waals surface area contributed by atoms with Gasteiger partial charge in [-0.05, 0) is 19.4 Å². The molecular formula is C13H18N4O2. The van der Waals surface area contributed by atoms with E-state index in [0.717, 1.165) is 24.4 Å². The average molecular weight is 262 g/mol.